The molecule has 0 aromatic carbocycles. The molecule has 0 aliphatic carbocycles. The summed E-state index contributed by atoms with van der Waals surface area (Å²) in [5, 5.41) is 0. The summed E-state index contributed by atoms with van der Waals surface area (Å²) in [6.07, 6.45) is 0. The molecule has 2 atom stereocenters. The van der Waals surface area contributed by atoms with Crippen LogP contribution in [0.15, 0.2) is 12.1 Å². The highest BCUT2D eigenvalue weighted by atomic mass is 16.5. The van der Waals surface area contributed by atoms with Gasteiger partial charge in [0.2, 0.25) is 11.8 Å². The van der Waals surface area contributed by atoms with Crippen LogP contribution in [0.1, 0.15) is 10.4 Å². The number of ether oxygens (including phenoxy) is 3. The van der Waals surface area contributed by atoms with Gasteiger partial charge in [0.1, 0.15) is 5.56 Å². The lowest BCUT2D eigenvalue weighted by molar-refractivity contribution is 0.0481. The molecule has 7 nitrogen and oxygen atoms in total. The first-order valence-corrected chi connectivity index (χ1v) is 7.78. The zero-order valence-corrected chi connectivity index (χ0v) is 13.8. The van der Waals surface area contributed by atoms with Crippen LogP contribution in [0.5, 0.6) is 11.8 Å². The van der Waals surface area contributed by atoms with Gasteiger partial charge in [-0.3, -0.25) is 4.79 Å². The van der Waals surface area contributed by atoms with Gasteiger partial charge >= 0.3 is 0 Å². The van der Waals surface area contributed by atoms with Crippen LogP contribution >= 0.6 is 0 Å². The molecular formula is C16H23N3O4. The smallest absolute Gasteiger partial charge is 0.259 e. The molecule has 3 heterocycles. The lowest BCUT2D eigenvalue weighted by Crippen LogP contribution is -2.46. The minimum Gasteiger partial charge on any atom is -0.481 e. The number of hydrogen-bond acceptors (Lipinski definition) is 6. The van der Waals surface area contributed by atoms with Gasteiger partial charge in [0.25, 0.3) is 5.91 Å². The molecule has 0 spiro atoms. The zero-order chi connectivity index (χ0) is 16.4. The van der Waals surface area contributed by atoms with E-state index in [-0.39, 0.29) is 11.9 Å². The first-order chi connectivity index (χ1) is 11.1. The summed E-state index contributed by atoms with van der Waals surface area (Å²) in [5.74, 6) is 0.986. The topological polar surface area (TPSA) is 64.1 Å². The number of carbonyl (C=O) groups excluding carboxylic acids is 1. The number of carbonyl (C=O) groups is 1. The van der Waals surface area contributed by atoms with Crippen molar-refractivity contribution in [3.63, 3.8) is 0 Å². The Kier molecular flexibility index (Phi) is 4.68. The van der Waals surface area contributed by atoms with Crippen molar-refractivity contribution >= 4 is 5.91 Å². The van der Waals surface area contributed by atoms with E-state index in [0.717, 1.165) is 13.1 Å². The van der Waals surface area contributed by atoms with E-state index < -0.39 is 0 Å². The Morgan fingerprint density at radius 3 is 2.78 bits per heavy atom. The van der Waals surface area contributed by atoms with Crippen molar-refractivity contribution in [1.29, 1.82) is 0 Å². The third kappa shape index (κ3) is 3.25. The van der Waals surface area contributed by atoms with Crippen molar-refractivity contribution in [2.45, 2.75) is 6.04 Å². The van der Waals surface area contributed by atoms with Gasteiger partial charge in [-0.25, -0.2) is 0 Å². The number of nitrogens with zero attached hydrogens (tertiary/aromatic N) is 3. The molecule has 2 aliphatic rings. The van der Waals surface area contributed by atoms with Gasteiger partial charge in [-0.2, -0.15) is 4.98 Å². The Labute approximate surface area is 136 Å². The quantitative estimate of drug-likeness (QED) is 0.808. The van der Waals surface area contributed by atoms with E-state index in [9.17, 15) is 4.79 Å². The highest BCUT2D eigenvalue weighted by Gasteiger charge is 2.36. The molecule has 2 bridgehead atoms. The fourth-order valence-corrected chi connectivity index (χ4v) is 3.34. The second-order valence-corrected chi connectivity index (χ2v) is 6.15. The summed E-state index contributed by atoms with van der Waals surface area (Å²) >= 11 is 0. The molecule has 126 valence electrons. The highest BCUT2D eigenvalue weighted by Crippen LogP contribution is 2.25. The van der Waals surface area contributed by atoms with Crippen LogP contribution < -0.4 is 9.47 Å². The maximum absolute atomic E-state index is 13.1. The summed E-state index contributed by atoms with van der Waals surface area (Å²) in [5.41, 5.74) is 0.462. The van der Waals surface area contributed by atoms with E-state index in [2.05, 4.69) is 16.9 Å². The summed E-state index contributed by atoms with van der Waals surface area (Å²) < 4.78 is 16.1. The molecule has 3 rings (SSSR count). The molecule has 1 amide bonds. The first kappa shape index (κ1) is 16.0. The van der Waals surface area contributed by atoms with Crippen molar-refractivity contribution in [3.05, 3.63) is 17.7 Å². The Morgan fingerprint density at radius 2 is 2.04 bits per heavy atom. The second kappa shape index (κ2) is 6.72. The van der Waals surface area contributed by atoms with Crippen LogP contribution in [0.4, 0.5) is 0 Å². The van der Waals surface area contributed by atoms with Gasteiger partial charge in [-0.05, 0) is 13.1 Å². The number of fused-ring (bicyclic) bond motifs is 3. The Bertz CT molecular complexity index is 580. The number of aromatic nitrogens is 1. The number of pyridine rings is 1. The fraction of sp³-hybridized carbons (Fsp3) is 0.625. The van der Waals surface area contributed by atoms with Crippen LogP contribution in [-0.2, 0) is 4.74 Å². The summed E-state index contributed by atoms with van der Waals surface area (Å²) in [6.45, 7) is 3.72. The molecule has 23 heavy (non-hydrogen) atoms. The third-order valence-corrected chi connectivity index (χ3v) is 4.38. The van der Waals surface area contributed by atoms with Crippen molar-refractivity contribution in [2.75, 3.05) is 54.1 Å². The largest absolute Gasteiger partial charge is 0.481 e. The van der Waals surface area contributed by atoms with Crippen molar-refractivity contribution in [2.24, 2.45) is 5.92 Å². The molecule has 2 saturated heterocycles. The van der Waals surface area contributed by atoms with Crippen LogP contribution in [0.3, 0.4) is 0 Å². The molecule has 7 heteroatoms. The predicted molar refractivity (Wildman–Crippen MR) is 84.0 cm³/mol. The fourth-order valence-electron chi connectivity index (χ4n) is 3.34. The average Bonchev–Trinajstić information content (AvgIpc) is 2.83. The third-order valence-electron chi connectivity index (χ3n) is 4.38. The SMILES string of the molecule is COc1ccc(C(=O)N2C[C@H]3COC[C@@H]2CN(C)C3)c(OC)n1. The van der Waals surface area contributed by atoms with E-state index in [4.69, 9.17) is 14.2 Å². The van der Waals surface area contributed by atoms with Crippen LogP contribution in [0.2, 0.25) is 0 Å². The lowest BCUT2D eigenvalue weighted by Gasteiger charge is -2.30. The van der Waals surface area contributed by atoms with Gasteiger partial charge in [-0.15, -0.1) is 0 Å². The summed E-state index contributed by atoms with van der Waals surface area (Å²) in [7, 11) is 5.14. The van der Waals surface area contributed by atoms with Crippen LogP contribution in [-0.4, -0.2) is 80.8 Å². The first-order valence-electron chi connectivity index (χ1n) is 7.78. The monoisotopic (exact) mass is 321 g/mol. The molecule has 0 N–H and O–H groups in total. The molecule has 1 aromatic rings. The maximum Gasteiger partial charge on any atom is 0.259 e. The van der Waals surface area contributed by atoms with Gasteiger partial charge in [0.05, 0.1) is 33.5 Å². The van der Waals surface area contributed by atoms with Crippen molar-refractivity contribution in [1.82, 2.24) is 14.8 Å². The Hall–Kier alpha value is -1.86. The number of likely N-dealkylation sites (N-methyl/N-ethyl adjacent to an activating group) is 1. The molecular weight excluding hydrogens is 298 g/mol. The molecule has 1 aromatic heterocycles. The predicted octanol–water partition coefficient (Wildman–Crippen LogP) is 0.501. The van der Waals surface area contributed by atoms with Crippen LogP contribution in [0.25, 0.3) is 0 Å². The molecule has 2 aliphatic heterocycles. The van der Waals surface area contributed by atoms with E-state index >= 15 is 0 Å². The van der Waals surface area contributed by atoms with Gasteiger partial charge < -0.3 is 24.0 Å². The Morgan fingerprint density at radius 1 is 1.22 bits per heavy atom. The summed E-state index contributed by atoms with van der Waals surface area (Å²) in [4.78, 5) is 21.5. The number of rotatable bonds is 3. The van der Waals surface area contributed by atoms with E-state index in [0.29, 0.717) is 43.0 Å². The van der Waals surface area contributed by atoms with Crippen LogP contribution in [0, 0.1) is 5.92 Å². The summed E-state index contributed by atoms with van der Waals surface area (Å²) in [6, 6.07) is 3.45. The molecule has 0 unspecified atom stereocenters. The van der Waals surface area contributed by atoms with E-state index in [1.807, 2.05) is 4.90 Å². The Balaban J connectivity index is 1.90. The normalized spacial score (nSPS) is 24.9. The number of methoxy groups -OCH3 is 2. The van der Waals surface area contributed by atoms with Gasteiger partial charge in [-0.1, -0.05) is 0 Å². The standard InChI is InChI=1S/C16H23N3O4/c1-18-6-11-7-19(12(8-18)10-23-9-11)16(20)13-4-5-14(21-2)17-15(13)22-3/h4-5,11-12H,6-10H2,1-3H3/t11-,12-/m0/s1. The molecule has 2 fully saturated rings. The van der Waals surface area contributed by atoms with Gasteiger partial charge in [0.15, 0.2) is 0 Å². The number of amides is 1. The average molecular weight is 321 g/mol. The van der Waals surface area contributed by atoms with E-state index in [1.54, 1.807) is 12.1 Å². The number of hydrogen-bond donors (Lipinski definition) is 0. The second-order valence-electron chi connectivity index (χ2n) is 6.15. The van der Waals surface area contributed by atoms with Crippen molar-refractivity contribution in [3.8, 4) is 11.8 Å². The minimum atomic E-state index is -0.0622. The zero-order valence-electron chi connectivity index (χ0n) is 13.8. The van der Waals surface area contributed by atoms with Gasteiger partial charge in [0, 0.05) is 31.6 Å². The molecule has 0 radical (unpaired) electrons. The minimum absolute atomic E-state index is 0.0480. The maximum atomic E-state index is 13.1. The lowest BCUT2D eigenvalue weighted by atomic mass is 10.1. The molecule has 0 saturated carbocycles. The van der Waals surface area contributed by atoms with E-state index in [1.165, 1.54) is 14.2 Å². The van der Waals surface area contributed by atoms with Crippen molar-refractivity contribution < 1.29 is 19.0 Å². The highest BCUT2D eigenvalue weighted by molar-refractivity contribution is 5.96.